The molecule has 0 aromatic heterocycles. The van der Waals surface area contributed by atoms with Gasteiger partial charge in [0.2, 0.25) is 0 Å². The van der Waals surface area contributed by atoms with Crippen LogP contribution in [0.3, 0.4) is 0 Å². The molecule has 1 amide bonds. The van der Waals surface area contributed by atoms with Gasteiger partial charge in [-0.15, -0.1) is 0 Å². The van der Waals surface area contributed by atoms with Crippen LogP contribution in [0.15, 0.2) is 22.7 Å². The Morgan fingerprint density at radius 3 is 2.58 bits per heavy atom. The van der Waals surface area contributed by atoms with Gasteiger partial charge in [-0.25, -0.2) is 0 Å². The number of rotatable bonds is 4. The van der Waals surface area contributed by atoms with Crippen LogP contribution in [0, 0.1) is 0 Å². The smallest absolute Gasteiger partial charge is 0.390 e. The number of hydrogen-bond acceptors (Lipinski definition) is 2. The van der Waals surface area contributed by atoms with E-state index in [2.05, 4.69) is 15.9 Å². The molecule has 0 N–H and O–H groups in total. The fraction of sp³-hybridized carbons (Fsp3) is 0.417. The molecule has 1 aromatic carbocycles. The van der Waals surface area contributed by atoms with Gasteiger partial charge in [0.15, 0.2) is 0 Å². The molecular weight excluding hydrogens is 327 g/mol. The van der Waals surface area contributed by atoms with Crippen LogP contribution in [0.1, 0.15) is 16.8 Å². The molecule has 0 radical (unpaired) electrons. The number of hydrogen-bond donors (Lipinski definition) is 0. The number of carbonyl (C=O) groups is 1. The van der Waals surface area contributed by atoms with Gasteiger partial charge in [-0.2, -0.15) is 13.2 Å². The van der Waals surface area contributed by atoms with Crippen molar-refractivity contribution in [3.63, 3.8) is 0 Å². The average molecular weight is 340 g/mol. The van der Waals surface area contributed by atoms with Gasteiger partial charge in [0.05, 0.1) is 19.1 Å². The quantitative estimate of drug-likeness (QED) is 0.840. The summed E-state index contributed by atoms with van der Waals surface area (Å²) in [6.07, 6.45) is -5.32. The lowest BCUT2D eigenvalue weighted by Crippen LogP contribution is -2.30. The molecule has 1 rings (SSSR count). The van der Waals surface area contributed by atoms with E-state index in [1.807, 2.05) is 0 Å². The van der Waals surface area contributed by atoms with Gasteiger partial charge in [-0.3, -0.25) is 4.79 Å². The van der Waals surface area contributed by atoms with Crippen molar-refractivity contribution >= 4 is 21.8 Å². The molecule has 0 spiro atoms. The Bertz CT molecular complexity index is 463. The zero-order valence-electron chi connectivity index (χ0n) is 10.4. The highest BCUT2D eigenvalue weighted by atomic mass is 79.9. The molecule has 0 bridgehead atoms. The molecule has 0 atom stereocenters. The number of benzene rings is 1. The third-order valence-electron chi connectivity index (χ3n) is 2.47. The number of amides is 1. The van der Waals surface area contributed by atoms with E-state index in [0.29, 0.717) is 10.2 Å². The van der Waals surface area contributed by atoms with Gasteiger partial charge in [-0.1, -0.05) is 15.9 Å². The predicted molar refractivity (Wildman–Crippen MR) is 68.3 cm³/mol. The Morgan fingerprint density at radius 1 is 1.42 bits per heavy atom. The van der Waals surface area contributed by atoms with E-state index in [1.54, 1.807) is 12.1 Å². The van der Waals surface area contributed by atoms with Crippen LogP contribution in [0.25, 0.3) is 0 Å². The van der Waals surface area contributed by atoms with Crippen molar-refractivity contribution in [1.29, 1.82) is 0 Å². The number of nitrogens with zero attached hydrogens (tertiary/aromatic N) is 1. The summed E-state index contributed by atoms with van der Waals surface area (Å²) in [5, 5.41) is 0. The van der Waals surface area contributed by atoms with Crippen molar-refractivity contribution < 1.29 is 22.7 Å². The minimum atomic E-state index is -4.28. The molecule has 19 heavy (non-hydrogen) atoms. The zero-order chi connectivity index (χ0) is 14.6. The van der Waals surface area contributed by atoms with Crippen LogP contribution in [-0.2, 0) is 0 Å². The van der Waals surface area contributed by atoms with E-state index < -0.39 is 25.0 Å². The Balaban J connectivity index is 2.84. The molecule has 0 unspecified atom stereocenters. The van der Waals surface area contributed by atoms with E-state index in [1.165, 1.54) is 20.2 Å². The van der Waals surface area contributed by atoms with Gasteiger partial charge >= 0.3 is 6.18 Å². The molecule has 0 saturated heterocycles. The SMILES string of the molecule is COc1ccc(Br)cc1C(=O)N(C)CCC(F)(F)F. The first-order valence-corrected chi connectivity index (χ1v) is 6.19. The Morgan fingerprint density at radius 2 is 2.05 bits per heavy atom. The minimum absolute atomic E-state index is 0.224. The van der Waals surface area contributed by atoms with Gasteiger partial charge in [0, 0.05) is 18.1 Å². The molecule has 3 nitrogen and oxygen atoms in total. The topological polar surface area (TPSA) is 29.5 Å². The lowest BCUT2D eigenvalue weighted by Gasteiger charge is -2.19. The second-order valence-electron chi connectivity index (χ2n) is 3.94. The first-order chi connectivity index (χ1) is 8.74. The lowest BCUT2D eigenvalue weighted by molar-refractivity contribution is -0.136. The maximum Gasteiger partial charge on any atom is 0.390 e. The molecule has 0 fully saturated rings. The molecule has 0 aliphatic rings. The molecule has 106 valence electrons. The second kappa shape index (κ2) is 6.27. The van der Waals surface area contributed by atoms with Crippen LogP contribution in [0.5, 0.6) is 5.75 Å². The summed E-state index contributed by atoms with van der Waals surface area (Å²) < 4.78 is 42.0. The van der Waals surface area contributed by atoms with Crippen LogP contribution in [0.4, 0.5) is 13.2 Å². The Kier molecular flexibility index (Phi) is 5.22. The van der Waals surface area contributed by atoms with Crippen molar-refractivity contribution in [3.8, 4) is 5.75 Å². The Labute approximate surface area is 117 Å². The van der Waals surface area contributed by atoms with Crippen molar-refractivity contribution in [1.82, 2.24) is 4.90 Å². The summed E-state index contributed by atoms with van der Waals surface area (Å²) in [6.45, 7) is -0.391. The highest BCUT2D eigenvalue weighted by molar-refractivity contribution is 9.10. The standard InChI is InChI=1S/C12H13BrF3NO2/c1-17(6-5-12(14,15)16)11(18)9-7-8(13)3-4-10(9)19-2/h3-4,7H,5-6H2,1-2H3. The molecule has 1 aromatic rings. The normalized spacial score (nSPS) is 11.3. The van der Waals surface area contributed by atoms with E-state index in [9.17, 15) is 18.0 Å². The number of carbonyl (C=O) groups excluding carboxylic acids is 1. The lowest BCUT2D eigenvalue weighted by atomic mass is 10.1. The summed E-state index contributed by atoms with van der Waals surface area (Å²) >= 11 is 3.21. The largest absolute Gasteiger partial charge is 0.496 e. The number of ether oxygens (including phenoxy) is 1. The summed E-state index contributed by atoms with van der Waals surface area (Å²) in [4.78, 5) is 13.1. The first-order valence-electron chi connectivity index (χ1n) is 5.40. The van der Waals surface area contributed by atoms with Gasteiger partial charge in [-0.05, 0) is 18.2 Å². The minimum Gasteiger partial charge on any atom is -0.496 e. The number of halogens is 4. The molecule has 0 heterocycles. The summed E-state index contributed by atoms with van der Waals surface area (Å²) in [7, 11) is 2.73. The third kappa shape index (κ3) is 4.74. The summed E-state index contributed by atoms with van der Waals surface area (Å²) in [5.41, 5.74) is 0.224. The van der Waals surface area contributed by atoms with E-state index >= 15 is 0 Å². The highest BCUT2D eigenvalue weighted by Gasteiger charge is 2.28. The average Bonchev–Trinajstić information content (AvgIpc) is 2.34. The predicted octanol–water partition coefficient (Wildman–Crippen LogP) is 3.48. The fourth-order valence-electron chi connectivity index (χ4n) is 1.45. The molecule has 7 heteroatoms. The summed E-state index contributed by atoms with van der Waals surface area (Å²) in [6, 6.07) is 4.78. The van der Waals surface area contributed by atoms with Crippen LogP contribution in [-0.4, -0.2) is 37.7 Å². The Hall–Kier alpha value is -1.24. The highest BCUT2D eigenvalue weighted by Crippen LogP contribution is 2.25. The van der Waals surface area contributed by atoms with E-state index in [4.69, 9.17) is 4.74 Å². The fourth-order valence-corrected chi connectivity index (χ4v) is 1.81. The van der Waals surface area contributed by atoms with Crippen molar-refractivity contribution in [2.45, 2.75) is 12.6 Å². The second-order valence-corrected chi connectivity index (χ2v) is 4.85. The maximum atomic E-state index is 12.1. The maximum absolute atomic E-state index is 12.1. The van der Waals surface area contributed by atoms with Gasteiger partial charge in [0.1, 0.15) is 5.75 Å². The molecule has 0 saturated carbocycles. The number of alkyl halides is 3. The first kappa shape index (κ1) is 15.8. The molecule has 0 aliphatic heterocycles. The van der Waals surface area contributed by atoms with Crippen LogP contribution < -0.4 is 4.74 Å². The van der Waals surface area contributed by atoms with Crippen molar-refractivity contribution in [3.05, 3.63) is 28.2 Å². The number of methoxy groups -OCH3 is 1. The monoisotopic (exact) mass is 339 g/mol. The van der Waals surface area contributed by atoms with Crippen molar-refractivity contribution in [2.24, 2.45) is 0 Å². The third-order valence-corrected chi connectivity index (χ3v) is 2.96. The molecule has 0 aliphatic carbocycles. The molecular formula is C12H13BrF3NO2. The zero-order valence-corrected chi connectivity index (χ0v) is 12.0. The van der Waals surface area contributed by atoms with Gasteiger partial charge in [0.25, 0.3) is 5.91 Å². The van der Waals surface area contributed by atoms with Crippen molar-refractivity contribution in [2.75, 3.05) is 20.7 Å². The summed E-state index contributed by atoms with van der Waals surface area (Å²) in [5.74, 6) is -0.186. The van der Waals surface area contributed by atoms with E-state index in [-0.39, 0.29) is 5.56 Å². The van der Waals surface area contributed by atoms with Crippen LogP contribution in [0.2, 0.25) is 0 Å². The van der Waals surface area contributed by atoms with Crippen LogP contribution >= 0.6 is 15.9 Å². The van der Waals surface area contributed by atoms with Gasteiger partial charge < -0.3 is 9.64 Å². The van der Waals surface area contributed by atoms with E-state index in [0.717, 1.165) is 4.90 Å².